The van der Waals surface area contributed by atoms with Gasteiger partial charge in [0, 0.05) is 34.4 Å². The molecule has 5 rings (SSSR count). The molecule has 160 valence electrons. The van der Waals surface area contributed by atoms with Crippen molar-refractivity contribution in [3.8, 4) is 11.1 Å². The second kappa shape index (κ2) is 7.38. The van der Waals surface area contributed by atoms with Crippen LogP contribution in [-0.4, -0.2) is 22.5 Å². The van der Waals surface area contributed by atoms with E-state index in [4.69, 9.17) is 4.74 Å². The molecule has 2 N–H and O–H groups in total. The molecule has 1 aliphatic heterocycles. The number of hydrogen-bond acceptors (Lipinski definition) is 3. The van der Waals surface area contributed by atoms with Gasteiger partial charge in [-0.1, -0.05) is 36.4 Å². The molecule has 1 amide bonds. The van der Waals surface area contributed by atoms with Crippen LogP contribution in [0.3, 0.4) is 0 Å². The Morgan fingerprint density at radius 2 is 1.81 bits per heavy atom. The minimum Gasteiger partial charge on any atom is -0.457 e. The van der Waals surface area contributed by atoms with E-state index in [0.717, 1.165) is 49.6 Å². The van der Waals surface area contributed by atoms with Gasteiger partial charge in [-0.05, 0) is 67.3 Å². The van der Waals surface area contributed by atoms with Gasteiger partial charge in [-0.3, -0.25) is 4.79 Å². The first kappa shape index (κ1) is 20.1. The normalized spacial score (nSPS) is 13.7. The van der Waals surface area contributed by atoms with Crippen LogP contribution in [-0.2, 0) is 16.1 Å². The SMILES string of the molecule is CC(C)(C)OC(=O)/C=C/c1ccc2[nH]c3cc(-c4ccccc4)c4c(c3c2c1)C(=O)NC4. The number of carbonyl (C=O) groups is 2. The minimum absolute atomic E-state index is 0.0571. The van der Waals surface area contributed by atoms with Crippen LogP contribution in [0.4, 0.5) is 0 Å². The third-order valence-corrected chi connectivity index (χ3v) is 5.57. The summed E-state index contributed by atoms with van der Waals surface area (Å²) in [6, 6.07) is 18.2. The molecule has 3 aromatic carbocycles. The van der Waals surface area contributed by atoms with E-state index >= 15 is 0 Å². The Hall–Kier alpha value is -3.86. The number of benzene rings is 3. The summed E-state index contributed by atoms with van der Waals surface area (Å²) in [6.07, 6.45) is 3.18. The van der Waals surface area contributed by atoms with Crippen molar-refractivity contribution in [2.24, 2.45) is 0 Å². The summed E-state index contributed by atoms with van der Waals surface area (Å²) in [6.45, 7) is 6.03. The number of carbonyl (C=O) groups excluding carboxylic acids is 2. The monoisotopic (exact) mass is 424 g/mol. The molecule has 5 nitrogen and oxygen atoms in total. The highest BCUT2D eigenvalue weighted by Gasteiger charge is 2.27. The second-order valence-electron chi connectivity index (χ2n) is 9.05. The zero-order valence-corrected chi connectivity index (χ0v) is 18.3. The lowest BCUT2D eigenvalue weighted by Gasteiger charge is -2.17. The highest BCUT2D eigenvalue weighted by atomic mass is 16.6. The van der Waals surface area contributed by atoms with Crippen LogP contribution in [0.1, 0.15) is 42.3 Å². The maximum atomic E-state index is 12.8. The van der Waals surface area contributed by atoms with Gasteiger partial charge >= 0.3 is 5.97 Å². The Labute approximate surface area is 186 Å². The maximum absolute atomic E-state index is 12.8. The van der Waals surface area contributed by atoms with Crippen LogP contribution in [0.5, 0.6) is 0 Å². The molecular formula is C27H24N2O3. The fourth-order valence-electron chi connectivity index (χ4n) is 4.30. The lowest BCUT2D eigenvalue weighted by Crippen LogP contribution is -2.22. The van der Waals surface area contributed by atoms with Gasteiger partial charge in [-0.2, -0.15) is 0 Å². The number of aromatic amines is 1. The second-order valence-corrected chi connectivity index (χ2v) is 9.05. The number of amides is 1. The van der Waals surface area contributed by atoms with Crippen molar-refractivity contribution in [3.05, 3.63) is 77.4 Å². The average Bonchev–Trinajstić information content (AvgIpc) is 3.31. The summed E-state index contributed by atoms with van der Waals surface area (Å²) in [7, 11) is 0. The van der Waals surface area contributed by atoms with Gasteiger partial charge in [0.25, 0.3) is 5.91 Å². The molecule has 0 spiro atoms. The molecule has 4 aromatic rings. The zero-order valence-electron chi connectivity index (χ0n) is 18.3. The number of fused-ring (bicyclic) bond motifs is 5. The van der Waals surface area contributed by atoms with Gasteiger partial charge in [0.05, 0.1) is 5.56 Å². The van der Waals surface area contributed by atoms with E-state index in [2.05, 4.69) is 28.5 Å². The van der Waals surface area contributed by atoms with Crippen molar-refractivity contribution in [1.29, 1.82) is 0 Å². The Bertz CT molecular complexity index is 1410. The Kier molecular flexibility index (Phi) is 4.63. The van der Waals surface area contributed by atoms with E-state index in [1.54, 1.807) is 6.08 Å². The number of aromatic nitrogens is 1. The lowest BCUT2D eigenvalue weighted by atomic mass is 9.93. The van der Waals surface area contributed by atoms with Gasteiger partial charge in [0.1, 0.15) is 5.60 Å². The maximum Gasteiger partial charge on any atom is 0.331 e. The summed E-state index contributed by atoms with van der Waals surface area (Å²) in [5.41, 5.74) is 6.08. The van der Waals surface area contributed by atoms with Crippen molar-refractivity contribution >= 4 is 39.8 Å². The molecule has 0 radical (unpaired) electrons. The molecule has 1 aromatic heterocycles. The molecule has 0 atom stereocenters. The van der Waals surface area contributed by atoms with Crippen LogP contribution in [0, 0.1) is 0 Å². The molecule has 2 heterocycles. The van der Waals surface area contributed by atoms with Gasteiger partial charge in [-0.15, -0.1) is 0 Å². The van der Waals surface area contributed by atoms with E-state index in [1.165, 1.54) is 6.08 Å². The highest BCUT2D eigenvalue weighted by Crippen LogP contribution is 2.39. The molecule has 0 saturated heterocycles. The predicted molar refractivity (Wildman–Crippen MR) is 127 cm³/mol. The van der Waals surface area contributed by atoms with Crippen LogP contribution >= 0.6 is 0 Å². The molecule has 0 fully saturated rings. The fourth-order valence-corrected chi connectivity index (χ4v) is 4.30. The zero-order chi connectivity index (χ0) is 22.5. The van der Waals surface area contributed by atoms with Crippen molar-refractivity contribution in [3.63, 3.8) is 0 Å². The van der Waals surface area contributed by atoms with Crippen molar-refractivity contribution in [2.75, 3.05) is 0 Å². The summed E-state index contributed by atoms with van der Waals surface area (Å²) < 4.78 is 5.35. The standard InChI is InChI=1S/C27H24N2O3/c1-27(2,3)32-23(30)12-10-16-9-11-21-19(13-16)24-22(29-21)14-18(17-7-5-4-6-8-17)20-15-28-26(31)25(20)24/h4-14,29H,15H2,1-3H3,(H,28,31)/b12-10+. The van der Waals surface area contributed by atoms with Crippen LogP contribution < -0.4 is 5.32 Å². The van der Waals surface area contributed by atoms with Crippen LogP contribution in [0.2, 0.25) is 0 Å². The third kappa shape index (κ3) is 3.56. The topological polar surface area (TPSA) is 71.2 Å². The van der Waals surface area contributed by atoms with Gasteiger partial charge in [0.15, 0.2) is 0 Å². The van der Waals surface area contributed by atoms with Gasteiger partial charge < -0.3 is 15.0 Å². The van der Waals surface area contributed by atoms with Crippen molar-refractivity contribution < 1.29 is 14.3 Å². The number of H-pyrrole nitrogens is 1. The molecule has 0 aliphatic carbocycles. The first-order valence-electron chi connectivity index (χ1n) is 10.7. The van der Waals surface area contributed by atoms with Crippen LogP contribution in [0.15, 0.2) is 60.7 Å². The summed E-state index contributed by atoms with van der Waals surface area (Å²) in [4.78, 5) is 28.4. The van der Waals surface area contributed by atoms with E-state index in [0.29, 0.717) is 6.54 Å². The molecule has 0 unspecified atom stereocenters. The van der Waals surface area contributed by atoms with E-state index in [9.17, 15) is 9.59 Å². The average molecular weight is 425 g/mol. The first-order valence-corrected chi connectivity index (χ1v) is 10.7. The van der Waals surface area contributed by atoms with E-state index in [-0.39, 0.29) is 11.9 Å². The molecule has 32 heavy (non-hydrogen) atoms. The quantitative estimate of drug-likeness (QED) is 0.333. The number of rotatable bonds is 3. The van der Waals surface area contributed by atoms with Gasteiger partial charge in [0.2, 0.25) is 0 Å². The molecule has 5 heteroatoms. The number of hydrogen-bond donors (Lipinski definition) is 2. The first-order chi connectivity index (χ1) is 15.3. The lowest BCUT2D eigenvalue weighted by molar-refractivity contribution is -0.148. The third-order valence-electron chi connectivity index (χ3n) is 5.57. The van der Waals surface area contributed by atoms with E-state index < -0.39 is 5.60 Å². The summed E-state index contributed by atoms with van der Waals surface area (Å²) in [5.74, 6) is -0.442. The molecule has 1 aliphatic rings. The smallest absolute Gasteiger partial charge is 0.331 e. The number of esters is 1. The summed E-state index contributed by atoms with van der Waals surface area (Å²) >= 11 is 0. The minimum atomic E-state index is -0.535. The Morgan fingerprint density at radius 1 is 1.03 bits per heavy atom. The highest BCUT2D eigenvalue weighted by molar-refractivity contribution is 6.21. The van der Waals surface area contributed by atoms with Crippen molar-refractivity contribution in [2.45, 2.75) is 32.9 Å². The molecule has 0 saturated carbocycles. The van der Waals surface area contributed by atoms with Crippen molar-refractivity contribution in [1.82, 2.24) is 10.3 Å². The number of ether oxygens (including phenoxy) is 1. The van der Waals surface area contributed by atoms with Crippen LogP contribution in [0.25, 0.3) is 39.0 Å². The Balaban J connectivity index is 1.65. The largest absolute Gasteiger partial charge is 0.457 e. The van der Waals surface area contributed by atoms with E-state index in [1.807, 2.05) is 57.2 Å². The Morgan fingerprint density at radius 3 is 2.56 bits per heavy atom. The predicted octanol–water partition coefficient (Wildman–Crippen LogP) is 5.59. The number of nitrogens with one attached hydrogen (secondary N) is 2. The summed E-state index contributed by atoms with van der Waals surface area (Å²) in [5, 5.41) is 4.86. The molecular weight excluding hydrogens is 400 g/mol. The van der Waals surface area contributed by atoms with Gasteiger partial charge in [-0.25, -0.2) is 4.79 Å². The molecule has 0 bridgehead atoms. The fraction of sp³-hybridized carbons (Fsp3) is 0.185.